The summed E-state index contributed by atoms with van der Waals surface area (Å²) in [6.07, 6.45) is 0.685. The fourth-order valence-electron chi connectivity index (χ4n) is 1.67. The van der Waals surface area contributed by atoms with Gasteiger partial charge in [0.1, 0.15) is 0 Å². The molecule has 0 aromatic heterocycles. The Morgan fingerprint density at radius 1 is 1.38 bits per heavy atom. The summed E-state index contributed by atoms with van der Waals surface area (Å²) < 4.78 is 28.3. The van der Waals surface area contributed by atoms with Crippen LogP contribution in [0.5, 0.6) is 0 Å². The molecule has 96 valence electrons. The number of aliphatic hydroxyl groups excluding tert-OH is 1. The molecule has 16 heavy (non-hydrogen) atoms. The van der Waals surface area contributed by atoms with Crippen molar-refractivity contribution in [3.8, 4) is 0 Å². The third-order valence-electron chi connectivity index (χ3n) is 3.12. The summed E-state index contributed by atoms with van der Waals surface area (Å²) in [6.45, 7) is 6.16. The maximum Gasteiger partial charge on any atom is 0.155 e. The lowest BCUT2D eigenvalue weighted by atomic mass is 9.96. The SMILES string of the molecule is CC(C)(C)S(=O)(=O)CCC1COCCC1O. The number of aliphatic hydroxyl groups is 1. The van der Waals surface area contributed by atoms with E-state index in [0.717, 1.165) is 0 Å². The van der Waals surface area contributed by atoms with E-state index in [-0.39, 0.29) is 11.7 Å². The maximum absolute atomic E-state index is 11.9. The second-order valence-electron chi connectivity index (χ2n) is 5.41. The molecule has 1 saturated heterocycles. The van der Waals surface area contributed by atoms with Crippen molar-refractivity contribution < 1.29 is 18.3 Å². The van der Waals surface area contributed by atoms with Gasteiger partial charge in [-0.1, -0.05) is 0 Å². The zero-order valence-electron chi connectivity index (χ0n) is 10.3. The van der Waals surface area contributed by atoms with Crippen LogP contribution in [0.1, 0.15) is 33.6 Å². The van der Waals surface area contributed by atoms with Gasteiger partial charge in [-0.15, -0.1) is 0 Å². The Balaban J connectivity index is 2.51. The van der Waals surface area contributed by atoms with Crippen LogP contribution >= 0.6 is 0 Å². The first-order valence-electron chi connectivity index (χ1n) is 5.72. The molecule has 0 saturated carbocycles. The van der Waals surface area contributed by atoms with Crippen LogP contribution in [0.25, 0.3) is 0 Å². The monoisotopic (exact) mass is 250 g/mol. The summed E-state index contributed by atoms with van der Waals surface area (Å²) in [6, 6.07) is 0. The highest BCUT2D eigenvalue weighted by atomic mass is 32.2. The summed E-state index contributed by atoms with van der Waals surface area (Å²) in [4.78, 5) is 0. The molecule has 1 fully saturated rings. The standard InChI is InChI=1S/C11H22O4S/c1-11(2,3)16(13,14)7-5-9-8-15-6-4-10(9)12/h9-10,12H,4-8H2,1-3H3. The summed E-state index contributed by atoms with van der Waals surface area (Å²) in [5, 5.41) is 9.69. The average molecular weight is 250 g/mol. The van der Waals surface area contributed by atoms with Gasteiger partial charge in [0.15, 0.2) is 9.84 Å². The van der Waals surface area contributed by atoms with Crippen LogP contribution in [0.3, 0.4) is 0 Å². The molecular weight excluding hydrogens is 228 g/mol. The Morgan fingerprint density at radius 3 is 2.50 bits per heavy atom. The Bertz CT molecular complexity index is 315. The van der Waals surface area contributed by atoms with E-state index in [9.17, 15) is 13.5 Å². The van der Waals surface area contributed by atoms with Gasteiger partial charge < -0.3 is 9.84 Å². The van der Waals surface area contributed by atoms with Gasteiger partial charge in [0.25, 0.3) is 0 Å². The lowest BCUT2D eigenvalue weighted by Gasteiger charge is -2.28. The zero-order valence-corrected chi connectivity index (χ0v) is 11.1. The van der Waals surface area contributed by atoms with Crippen LogP contribution in [0.15, 0.2) is 0 Å². The van der Waals surface area contributed by atoms with Crippen LogP contribution < -0.4 is 0 Å². The molecule has 1 rings (SSSR count). The minimum Gasteiger partial charge on any atom is -0.393 e. The van der Waals surface area contributed by atoms with Gasteiger partial charge in [-0.05, 0) is 33.6 Å². The smallest absolute Gasteiger partial charge is 0.155 e. The fourth-order valence-corrected chi connectivity index (χ4v) is 2.90. The van der Waals surface area contributed by atoms with E-state index in [1.165, 1.54) is 0 Å². The van der Waals surface area contributed by atoms with E-state index in [0.29, 0.717) is 26.1 Å². The van der Waals surface area contributed by atoms with E-state index >= 15 is 0 Å². The Kier molecular flexibility index (Phi) is 4.37. The van der Waals surface area contributed by atoms with Gasteiger partial charge in [0.05, 0.1) is 23.2 Å². The van der Waals surface area contributed by atoms with Crippen LogP contribution in [-0.4, -0.2) is 43.3 Å². The van der Waals surface area contributed by atoms with Crippen LogP contribution in [0, 0.1) is 5.92 Å². The van der Waals surface area contributed by atoms with Gasteiger partial charge in [-0.25, -0.2) is 8.42 Å². The molecule has 4 nitrogen and oxygen atoms in total. The lowest BCUT2D eigenvalue weighted by Crippen LogP contribution is -2.36. The Morgan fingerprint density at radius 2 is 2.00 bits per heavy atom. The highest BCUT2D eigenvalue weighted by Crippen LogP contribution is 2.22. The van der Waals surface area contributed by atoms with Crippen molar-refractivity contribution in [3.05, 3.63) is 0 Å². The Labute approximate surface area is 97.9 Å². The molecule has 0 aliphatic carbocycles. The van der Waals surface area contributed by atoms with Crippen molar-refractivity contribution in [3.63, 3.8) is 0 Å². The van der Waals surface area contributed by atoms with Crippen LogP contribution in [0.4, 0.5) is 0 Å². The number of sulfone groups is 1. The third-order valence-corrected chi connectivity index (χ3v) is 5.76. The van der Waals surface area contributed by atoms with Crippen molar-refractivity contribution in [1.29, 1.82) is 0 Å². The molecule has 0 amide bonds. The normalized spacial score (nSPS) is 28.0. The number of hydrogen-bond acceptors (Lipinski definition) is 4. The molecule has 0 radical (unpaired) electrons. The fraction of sp³-hybridized carbons (Fsp3) is 1.00. The quantitative estimate of drug-likeness (QED) is 0.811. The highest BCUT2D eigenvalue weighted by molar-refractivity contribution is 7.92. The average Bonchev–Trinajstić information content (AvgIpc) is 2.15. The van der Waals surface area contributed by atoms with Gasteiger partial charge >= 0.3 is 0 Å². The molecule has 0 spiro atoms. The van der Waals surface area contributed by atoms with Crippen molar-refractivity contribution in [2.75, 3.05) is 19.0 Å². The van der Waals surface area contributed by atoms with Gasteiger partial charge in [0.2, 0.25) is 0 Å². The molecule has 1 aliphatic heterocycles. The van der Waals surface area contributed by atoms with Gasteiger partial charge in [0, 0.05) is 12.5 Å². The summed E-state index contributed by atoms with van der Waals surface area (Å²) in [5.74, 6) is 0.0903. The molecule has 5 heteroatoms. The van der Waals surface area contributed by atoms with E-state index < -0.39 is 20.7 Å². The second-order valence-corrected chi connectivity index (χ2v) is 8.27. The third kappa shape index (κ3) is 3.43. The Hall–Kier alpha value is -0.130. The molecule has 1 N–H and O–H groups in total. The predicted molar refractivity (Wildman–Crippen MR) is 63.1 cm³/mol. The molecule has 0 aromatic carbocycles. The number of ether oxygens (including phenoxy) is 1. The molecule has 0 aromatic rings. The van der Waals surface area contributed by atoms with Crippen LogP contribution in [0.2, 0.25) is 0 Å². The van der Waals surface area contributed by atoms with E-state index in [4.69, 9.17) is 4.74 Å². The van der Waals surface area contributed by atoms with Gasteiger partial charge in [-0.3, -0.25) is 0 Å². The van der Waals surface area contributed by atoms with E-state index in [1.807, 2.05) is 0 Å². The first kappa shape index (κ1) is 13.9. The summed E-state index contributed by atoms with van der Waals surface area (Å²) in [7, 11) is -3.09. The zero-order chi connectivity index (χ0) is 12.4. The summed E-state index contributed by atoms with van der Waals surface area (Å²) >= 11 is 0. The molecule has 2 unspecified atom stereocenters. The topological polar surface area (TPSA) is 63.6 Å². The van der Waals surface area contributed by atoms with Crippen molar-refractivity contribution in [2.45, 2.75) is 44.5 Å². The summed E-state index contributed by atoms with van der Waals surface area (Å²) in [5.41, 5.74) is 0. The van der Waals surface area contributed by atoms with Crippen molar-refractivity contribution >= 4 is 9.84 Å². The van der Waals surface area contributed by atoms with E-state index in [1.54, 1.807) is 20.8 Å². The number of hydrogen-bond donors (Lipinski definition) is 1. The molecule has 1 heterocycles. The minimum absolute atomic E-state index is 0.0362. The first-order chi connectivity index (χ1) is 7.24. The van der Waals surface area contributed by atoms with Gasteiger partial charge in [-0.2, -0.15) is 0 Å². The van der Waals surface area contributed by atoms with Crippen LogP contribution in [-0.2, 0) is 14.6 Å². The molecule has 1 aliphatic rings. The molecule has 2 atom stereocenters. The van der Waals surface area contributed by atoms with E-state index in [2.05, 4.69) is 0 Å². The maximum atomic E-state index is 11.9. The van der Waals surface area contributed by atoms with Crippen molar-refractivity contribution in [2.24, 2.45) is 5.92 Å². The predicted octanol–water partition coefficient (Wildman–Crippen LogP) is 0.987. The largest absolute Gasteiger partial charge is 0.393 e. The van der Waals surface area contributed by atoms with Crippen molar-refractivity contribution in [1.82, 2.24) is 0 Å². The second kappa shape index (κ2) is 5.02. The molecule has 0 bridgehead atoms. The first-order valence-corrected chi connectivity index (χ1v) is 7.37. The lowest BCUT2D eigenvalue weighted by molar-refractivity contribution is -0.0362. The molecular formula is C11H22O4S. The highest BCUT2D eigenvalue weighted by Gasteiger charge is 2.31. The number of rotatable bonds is 3. The minimum atomic E-state index is -3.09.